The van der Waals surface area contributed by atoms with E-state index >= 15 is 0 Å². The number of anilines is 1. The van der Waals surface area contributed by atoms with Crippen LogP contribution in [0.1, 0.15) is 37.7 Å². The van der Waals surface area contributed by atoms with Crippen molar-refractivity contribution in [1.82, 2.24) is 0 Å². The molecule has 12 heteroatoms. The molecule has 8 nitrogen and oxygen atoms in total. The molecular formula is C15H16BrF3N6O2. The number of nitro benzene ring substituents is 1. The number of nitro groups is 1. The maximum atomic E-state index is 13.8. The summed E-state index contributed by atoms with van der Waals surface area (Å²) in [6, 6.07) is 1.80. The van der Waals surface area contributed by atoms with Crippen LogP contribution in [0.3, 0.4) is 0 Å². The maximum Gasteiger partial charge on any atom is 0.418 e. The summed E-state index contributed by atoms with van der Waals surface area (Å²) >= 11 is 2.91. The maximum absolute atomic E-state index is 13.8. The summed E-state index contributed by atoms with van der Waals surface area (Å²) in [6.45, 7) is 0. The number of alkyl halides is 3. The fraction of sp³-hybridized carbons (Fsp3) is 0.467. The van der Waals surface area contributed by atoms with E-state index in [1.54, 1.807) is 0 Å². The Morgan fingerprint density at radius 1 is 1.22 bits per heavy atom. The Bertz CT molecular complexity index is 849. The summed E-state index contributed by atoms with van der Waals surface area (Å²) < 4.78 is 41.3. The minimum Gasteiger partial charge on any atom is -0.369 e. The molecule has 1 aromatic rings. The third kappa shape index (κ3) is 3.45. The first-order chi connectivity index (χ1) is 12.5. The zero-order valence-electron chi connectivity index (χ0n) is 14.0. The molecule has 3 rings (SSSR count). The molecule has 1 heterocycles. The van der Waals surface area contributed by atoms with E-state index in [9.17, 15) is 23.3 Å². The van der Waals surface area contributed by atoms with Gasteiger partial charge in [0, 0.05) is 10.5 Å². The highest BCUT2D eigenvalue weighted by Gasteiger charge is 2.49. The molecule has 1 aliphatic carbocycles. The average Bonchev–Trinajstić information content (AvgIpc) is 2.54. The largest absolute Gasteiger partial charge is 0.418 e. The molecule has 27 heavy (non-hydrogen) atoms. The van der Waals surface area contributed by atoms with Crippen molar-refractivity contribution in [1.29, 1.82) is 0 Å². The van der Waals surface area contributed by atoms with Crippen LogP contribution < -0.4 is 16.4 Å². The van der Waals surface area contributed by atoms with Gasteiger partial charge in [-0.1, -0.05) is 22.4 Å². The van der Waals surface area contributed by atoms with Crippen LogP contribution in [0.25, 0.3) is 0 Å². The highest BCUT2D eigenvalue weighted by molar-refractivity contribution is 9.10. The van der Waals surface area contributed by atoms with Gasteiger partial charge in [-0.15, -0.1) is 0 Å². The van der Waals surface area contributed by atoms with Crippen molar-refractivity contribution < 1.29 is 18.1 Å². The van der Waals surface area contributed by atoms with Crippen LogP contribution in [0.15, 0.2) is 26.6 Å². The monoisotopic (exact) mass is 448 g/mol. The van der Waals surface area contributed by atoms with Crippen molar-refractivity contribution in [2.45, 2.75) is 43.9 Å². The number of hydrogen-bond donors (Lipinski definition) is 2. The second-order valence-corrected chi connectivity index (χ2v) is 7.31. The molecule has 1 saturated carbocycles. The van der Waals surface area contributed by atoms with Gasteiger partial charge >= 0.3 is 6.18 Å². The molecular weight excluding hydrogens is 433 g/mol. The first-order valence-corrected chi connectivity index (χ1v) is 8.89. The van der Waals surface area contributed by atoms with Crippen molar-refractivity contribution in [3.8, 4) is 0 Å². The van der Waals surface area contributed by atoms with Crippen LogP contribution in [0.5, 0.6) is 0 Å². The van der Waals surface area contributed by atoms with E-state index in [0.717, 1.165) is 23.5 Å². The van der Waals surface area contributed by atoms with Crippen molar-refractivity contribution in [3.05, 3.63) is 32.3 Å². The number of rotatable bonds is 2. The number of nitrogens with zero attached hydrogens (tertiary/aromatic N) is 4. The van der Waals surface area contributed by atoms with Crippen LogP contribution >= 0.6 is 15.9 Å². The van der Waals surface area contributed by atoms with Gasteiger partial charge < -0.3 is 11.5 Å². The predicted molar refractivity (Wildman–Crippen MR) is 97.3 cm³/mol. The standard InChI is InChI=1S/C15H16BrF3N6O2/c16-8-6-9(15(17,18)19)11(10(7-8)25(26)27)24-13(21)22-12(20)23-14(24)4-2-1-3-5-14/h6-7H,1-5H2,(H4,20,21,22,23). The molecule has 0 amide bonds. The van der Waals surface area contributed by atoms with Gasteiger partial charge in [-0.3, -0.25) is 15.0 Å². The van der Waals surface area contributed by atoms with Crippen molar-refractivity contribution in [2.24, 2.45) is 21.5 Å². The molecule has 0 bridgehead atoms. The highest BCUT2D eigenvalue weighted by Crippen LogP contribution is 2.49. The lowest BCUT2D eigenvalue weighted by atomic mass is 9.86. The molecule has 0 unspecified atom stereocenters. The van der Waals surface area contributed by atoms with E-state index in [0.29, 0.717) is 25.7 Å². The number of nitrogens with two attached hydrogens (primary N) is 2. The predicted octanol–water partition coefficient (Wildman–Crippen LogP) is 3.49. The smallest absolute Gasteiger partial charge is 0.369 e. The fourth-order valence-electron chi connectivity index (χ4n) is 3.62. The Hall–Kier alpha value is -2.37. The first-order valence-electron chi connectivity index (χ1n) is 8.10. The zero-order chi connectivity index (χ0) is 20.0. The Morgan fingerprint density at radius 2 is 1.85 bits per heavy atom. The van der Waals surface area contributed by atoms with Crippen LogP contribution in [-0.2, 0) is 6.18 Å². The molecule has 1 aromatic carbocycles. The Balaban J connectivity index is 2.33. The molecule has 1 fully saturated rings. The summed E-state index contributed by atoms with van der Waals surface area (Å²) in [7, 11) is 0. The van der Waals surface area contributed by atoms with Gasteiger partial charge in [-0.25, -0.2) is 4.99 Å². The van der Waals surface area contributed by atoms with E-state index in [-0.39, 0.29) is 16.4 Å². The summed E-state index contributed by atoms with van der Waals surface area (Å²) in [5, 5.41) is 11.6. The molecule has 146 valence electrons. The average molecular weight is 449 g/mol. The lowest BCUT2D eigenvalue weighted by Gasteiger charge is -2.45. The van der Waals surface area contributed by atoms with Gasteiger partial charge in [0.05, 0.1) is 10.5 Å². The molecule has 0 aromatic heterocycles. The van der Waals surface area contributed by atoms with E-state index in [2.05, 4.69) is 25.9 Å². The highest BCUT2D eigenvalue weighted by atomic mass is 79.9. The van der Waals surface area contributed by atoms with Crippen LogP contribution in [0.2, 0.25) is 0 Å². The lowest BCUT2D eigenvalue weighted by molar-refractivity contribution is -0.384. The second kappa shape index (κ2) is 6.66. The topological polar surface area (TPSA) is 123 Å². The van der Waals surface area contributed by atoms with Gasteiger partial charge in [0.25, 0.3) is 5.69 Å². The van der Waals surface area contributed by atoms with Gasteiger partial charge in [-0.2, -0.15) is 18.2 Å². The van der Waals surface area contributed by atoms with Crippen molar-refractivity contribution >= 4 is 39.2 Å². The number of hydrogen-bond acceptors (Lipinski definition) is 7. The van der Waals surface area contributed by atoms with Gasteiger partial charge in [0.2, 0.25) is 11.9 Å². The van der Waals surface area contributed by atoms with E-state index in [4.69, 9.17) is 11.5 Å². The summed E-state index contributed by atoms with van der Waals surface area (Å²) in [4.78, 5) is 19.8. The third-order valence-corrected chi connectivity index (χ3v) is 5.09. The van der Waals surface area contributed by atoms with E-state index in [1.165, 1.54) is 0 Å². The number of halogens is 4. The van der Waals surface area contributed by atoms with E-state index in [1.807, 2.05) is 0 Å². The first kappa shape index (κ1) is 19.4. The quantitative estimate of drug-likeness (QED) is 0.529. The zero-order valence-corrected chi connectivity index (χ0v) is 15.5. The number of aliphatic imine (C=N–C) groups is 2. The minimum absolute atomic E-state index is 0.0708. The Labute approximate surface area is 160 Å². The van der Waals surface area contributed by atoms with Gasteiger partial charge in [0.1, 0.15) is 11.4 Å². The summed E-state index contributed by atoms with van der Waals surface area (Å²) in [5.41, 5.74) is 7.82. The van der Waals surface area contributed by atoms with Gasteiger partial charge in [-0.05, 0) is 31.7 Å². The molecule has 0 saturated heterocycles. The summed E-state index contributed by atoms with van der Waals surface area (Å²) in [5.74, 6) is -0.501. The molecule has 1 aliphatic heterocycles. The molecule has 1 spiro atoms. The van der Waals surface area contributed by atoms with Crippen molar-refractivity contribution in [3.63, 3.8) is 0 Å². The summed E-state index contributed by atoms with van der Waals surface area (Å²) in [6.07, 6.45) is -1.93. The van der Waals surface area contributed by atoms with Crippen molar-refractivity contribution in [2.75, 3.05) is 4.90 Å². The van der Waals surface area contributed by atoms with Crippen LogP contribution in [0, 0.1) is 10.1 Å². The number of guanidine groups is 2. The van der Waals surface area contributed by atoms with Gasteiger partial charge in [0.15, 0.2) is 0 Å². The molecule has 0 radical (unpaired) electrons. The number of benzene rings is 1. The second-order valence-electron chi connectivity index (χ2n) is 6.39. The van der Waals surface area contributed by atoms with Crippen LogP contribution in [-0.4, -0.2) is 22.5 Å². The Morgan fingerprint density at radius 3 is 2.41 bits per heavy atom. The fourth-order valence-corrected chi connectivity index (χ4v) is 4.07. The molecule has 2 aliphatic rings. The normalized spacial score (nSPS) is 19.6. The SMILES string of the molecule is NC1=NC2(CCCCC2)N(c2c([N+](=O)[O-])cc(Br)cc2C(F)(F)F)C(N)=N1. The molecule has 4 N–H and O–H groups in total. The lowest BCUT2D eigenvalue weighted by Crippen LogP contribution is -2.58. The molecule has 0 atom stereocenters. The third-order valence-electron chi connectivity index (χ3n) is 4.63. The Kier molecular flexibility index (Phi) is 4.78. The minimum atomic E-state index is -4.85. The van der Waals surface area contributed by atoms with Crippen LogP contribution in [0.4, 0.5) is 24.5 Å². The van der Waals surface area contributed by atoms with E-state index < -0.39 is 33.7 Å².